The summed E-state index contributed by atoms with van der Waals surface area (Å²) in [5.41, 5.74) is 6.36. The normalized spacial score (nSPS) is 10.8. The number of benzene rings is 1. The van der Waals surface area contributed by atoms with Crippen molar-refractivity contribution in [2.45, 2.75) is 0 Å². The molecule has 0 unspecified atom stereocenters. The molecule has 1 aromatic carbocycles. The Kier molecular flexibility index (Phi) is 2.04. The van der Waals surface area contributed by atoms with Crippen LogP contribution in [0.15, 0.2) is 36.5 Å². The largest absolute Gasteiger partial charge is 0.367 e. The summed E-state index contributed by atoms with van der Waals surface area (Å²) in [5, 5.41) is 2.97. The molecule has 16 heavy (non-hydrogen) atoms. The van der Waals surface area contributed by atoms with E-state index in [0.717, 1.165) is 21.5 Å². The number of pyridine rings is 1. The molecule has 4 nitrogen and oxygen atoms in total. The number of rotatable bonds is 1. The second-order valence-corrected chi connectivity index (χ2v) is 4.09. The predicted molar refractivity (Wildman–Crippen MR) is 65.1 cm³/mol. The van der Waals surface area contributed by atoms with Gasteiger partial charge in [0.05, 0.1) is 0 Å². The number of anilines is 1. The Hall–Kier alpha value is -2.01. The number of hydrogen-bond donors (Lipinski definition) is 1. The number of hydrogen-bond acceptors (Lipinski definition) is 5. The molecular weight excluding hydrogens is 220 g/mol. The van der Waals surface area contributed by atoms with E-state index in [0.29, 0.717) is 5.95 Å². The van der Waals surface area contributed by atoms with Crippen LogP contribution in [0.3, 0.4) is 0 Å². The van der Waals surface area contributed by atoms with E-state index in [1.54, 1.807) is 6.20 Å². The molecule has 0 saturated carbocycles. The fourth-order valence-electron chi connectivity index (χ4n) is 1.62. The van der Waals surface area contributed by atoms with Crippen molar-refractivity contribution in [2.24, 2.45) is 0 Å². The van der Waals surface area contributed by atoms with Crippen molar-refractivity contribution < 1.29 is 0 Å². The molecule has 0 amide bonds. The average molecular weight is 228 g/mol. The van der Waals surface area contributed by atoms with Gasteiger partial charge in [-0.15, -0.1) is 0 Å². The second kappa shape index (κ2) is 3.53. The molecule has 2 aromatic heterocycles. The summed E-state index contributed by atoms with van der Waals surface area (Å²) in [6.07, 6.45) is 1.77. The van der Waals surface area contributed by atoms with Gasteiger partial charge in [-0.25, -0.2) is 0 Å². The number of fused-ring (bicyclic) bond motifs is 1. The highest BCUT2D eigenvalue weighted by molar-refractivity contribution is 7.09. The minimum absolute atomic E-state index is 0.301. The summed E-state index contributed by atoms with van der Waals surface area (Å²) in [5.74, 6) is 0.301. The van der Waals surface area contributed by atoms with Crippen LogP contribution in [0.25, 0.3) is 21.5 Å². The van der Waals surface area contributed by atoms with Gasteiger partial charge in [-0.2, -0.15) is 9.36 Å². The number of nitrogens with two attached hydrogens (primary N) is 1. The lowest BCUT2D eigenvalue weighted by atomic mass is 10.1. The minimum atomic E-state index is 0.301. The van der Waals surface area contributed by atoms with E-state index in [1.807, 2.05) is 30.3 Å². The van der Waals surface area contributed by atoms with Gasteiger partial charge < -0.3 is 5.73 Å². The Balaban J connectivity index is 2.31. The highest BCUT2D eigenvalue weighted by Crippen LogP contribution is 2.27. The lowest BCUT2D eigenvalue weighted by molar-refractivity contribution is 1.30. The monoisotopic (exact) mass is 228 g/mol. The van der Waals surface area contributed by atoms with Crippen molar-refractivity contribution in [3.8, 4) is 10.7 Å². The molecule has 0 aliphatic heterocycles. The Morgan fingerprint density at radius 3 is 2.81 bits per heavy atom. The first-order chi connectivity index (χ1) is 7.84. The number of aromatic nitrogens is 3. The van der Waals surface area contributed by atoms with Crippen LogP contribution < -0.4 is 5.73 Å². The molecule has 0 fully saturated rings. The fourth-order valence-corrected chi connectivity index (χ4v) is 2.23. The molecule has 0 spiro atoms. The molecule has 3 aromatic rings. The van der Waals surface area contributed by atoms with E-state index in [2.05, 4.69) is 14.3 Å². The third kappa shape index (κ3) is 1.42. The van der Waals surface area contributed by atoms with Gasteiger partial charge in [-0.1, -0.05) is 24.3 Å². The van der Waals surface area contributed by atoms with E-state index < -0.39 is 0 Å². The Labute approximate surface area is 96.0 Å². The zero-order valence-electron chi connectivity index (χ0n) is 8.29. The van der Waals surface area contributed by atoms with Gasteiger partial charge in [0.15, 0.2) is 5.01 Å². The first kappa shape index (κ1) is 9.23. The van der Waals surface area contributed by atoms with Crippen LogP contribution in [0.5, 0.6) is 0 Å². The van der Waals surface area contributed by atoms with Crippen molar-refractivity contribution >= 4 is 28.3 Å². The van der Waals surface area contributed by atoms with Crippen molar-refractivity contribution in [3.05, 3.63) is 36.5 Å². The van der Waals surface area contributed by atoms with E-state index in [9.17, 15) is 0 Å². The predicted octanol–water partition coefficient (Wildman–Crippen LogP) is 2.34. The Morgan fingerprint density at radius 1 is 1.12 bits per heavy atom. The highest BCUT2D eigenvalue weighted by Gasteiger charge is 2.09. The molecule has 2 N–H and O–H groups in total. The van der Waals surface area contributed by atoms with Gasteiger partial charge in [0.1, 0.15) is 5.69 Å². The maximum absolute atomic E-state index is 5.52. The standard InChI is InChI=1S/C11H8N4S/c12-11-14-10(16-15-11)9-8-4-2-1-3-7(8)5-6-13-9/h1-6H,(H2,12,15). The molecule has 2 heterocycles. The molecule has 0 bridgehead atoms. The SMILES string of the molecule is Nc1nsc(-c2nccc3ccccc23)n1. The zero-order chi connectivity index (χ0) is 11.0. The third-order valence-electron chi connectivity index (χ3n) is 2.32. The van der Waals surface area contributed by atoms with E-state index in [4.69, 9.17) is 5.73 Å². The molecule has 0 atom stereocenters. The maximum atomic E-state index is 5.52. The van der Waals surface area contributed by atoms with Crippen LogP contribution in [0.4, 0.5) is 5.95 Å². The van der Waals surface area contributed by atoms with Gasteiger partial charge in [0, 0.05) is 11.6 Å². The smallest absolute Gasteiger partial charge is 0.232 e. The molecule has 78 valence electrons. The summed E-state index contributed by atoms with van der Waals surface area (Å²) in [6.45, 7) is 0. The quantitative estimate of drug-likeness (QED) is 0.694. The van der Waals surface area contributed by atoms with Crippen LogP contribution in [-0.4, -0.2) is 14.3 Å². The van der Waals surface area contributed by atoms with Gasteiger partial charge in [0.25, 0.3) is 0 Å². The Bertz CT molecular complexity index is 642. The molecule has 0 aliphatic rings. The van der Waals surface area contributed by atoms with Crippen molar-refractivity contribution in [1.82, 2.24) is 14.3 Å². The number of nitrogens with zero attached hydrogens (tertiary/aromatic N) is 3. The van der Waals surface area contributed by atoms with Gasteiger partial charge in [-0.05, 0) is 23.0 Å². The van der Waals surface area contributed by atoms with Crippen LogP contribution in [0, 0.1) is 0 Å². The van der Waals surface area contributed by atoms with E-state index in [-0.39, 0.29) is 0 Å². The zero-order valence-corrected chi connectivity index (χ0v) is 9.11. The van der Waals surface area contributed by atoms with E-state index >= 15 is 0 Å². The van der Waals surface area contributed by atoms with Crippen molar-refractivity contribution in [1.29, 1.82) is 0 Å². The molecule has 0 aliphatic carbocycles. The fraction of sp³-hybridized carbons (Fsp3) is 0. The molecule has 0 radical (unpaired) electrons. The molecule has 5 heteroatoms. The first-order valence-electron chi connectivity index (χ1n) is 4.78. The minimum Gasteiger partial charge on any atom is -0.367 e. The van der Waals surface area contributed by atoms with Crippen LogP contribution in [-0.2, 0) is 0 Å². The summed E-state index contributed by atoms with van der Waals surface area (Å²) >= 11 is 1.27. The summed E-state index contributed by atoms with van der Waals surface area (Å²) in [7, 11) is 0. The maximum Gasteiger partial charge on any atom is 0.232 e. The molecular formula is C11H8N4S. The van der Waals surface area contributed by atoms with Gasteiger partial charge >= 0.3 is 0 Å². The van der Waals surface area contributed by atoms with Crippen LogP contribution in [0.1, 0.15) is 0 Å². The van der Waals surface area contributed by atoms with Crippen molar-refractivity contribution in [3.63, 3.8) is 0 Å². The first-order valence-corrected chi connectivity index (χ1v) is 5.55. The molecule has 3 rings (SSSR count). The summed E-state index contributed by atoms with van der Waals surface area (Å²) in [6, 6.07) is 10.0. The van der Waals surface area contributed by atoms with Gasteiger partial charge in [-0.3, -0.25) is 4.98 Å². The van der Waals surface area contributed by atoms with Crippen LogP contribution in [0.2, 0.25) is 0 Å². The third-order valence-corrected chi connectivity index (χ3v) is 3.05. The topological polar surface area (TPSA) is 64.7 Å². The lowest BCUT2D eigenvalue weighted by Crippen LogP contribution is -1.88. The molecule has 0 saturated heterocycles. The van der Waals surface area contributed by atoms with Crippen LogP contribution >= 0.6 is 11.5 Å². The number of nitrogen functional groups attached to an aromatic ring is 1. The lowest BCUT2D eigenvalue weighted by Gasteiger charge is -2.00. The average Bonchev–Trinajstić information content (AvgIpc) is 2.75. The summed E-state index contributed by atoms with van der Waals surface area (Å²) in [4.78, 5) is 8.50. The second-order valence-electron chi connectivity index (χ2n) is 3.34. The summed E-state index contributed by atoms with van der Waals surface area (Å²) < 4.78 is 3.97. The van der Waals surface area contributed by atoms with E-state index in [1.165, 1.54) is 11.5 Å². The van der Waals surface area contributed by atoms with Crippen molar-refractivity contribution in [2.75, 3.05) is 5.73 Å². The van der Waals surface area contributed by atoms with Gasteiger partial charge in [0.2, 0.25) is 5.95 Å². The highest BCUT2D eigenvalue weighted by atomic mass is 32.1. The Morgan fingerprint density at radius 2 is 2.00 bits per heavy atom.